The Hall–Kier alpha value is -0.0400. The maximum atomic E-state index is 3.58. The van der Waals surface area contributed by atoms with Gasteiger partial charge in [-0.05, 0) is 36.0 Å². The minimum atomic E-state index is 0.657. The fourth-order valence-corrected chi connectivity index (χ4v) is 3.31. The first-order valence-corrected chi connectivity index (χ1v) is 5.72. The molecule has 0 aromatic heterocycles. The van der Waals surface area contributed by atoms with Crippen LogP contribution in [0.25, 0.3) is 0 Å². The topological polar surface area (TPSA) is 12.0 Å². The van der Waals surface area contributed by atoms with Gasteiger partial charge in [0.1, 0.15) is 0 Å². The predicted octanol–water partition coefficient (Wildman–Crippen LogP) is 2.81. The minimum absolute atomic E-state index is 0.657. The van der Waals surface area contributed by atoms with Crippen LogP contribution in [0.15, 0.2) is 0 Å². The van der Waals surface area contributed by atoms with Gasteiger partial charge in [0.2, 0.25) is 0 Å². The molecule has 1 N–H and O–H groups in total. The Bertz CT molecular complexity index is 179. The lowest BCUT2D eigenvalue weighted by molar-refractivity contribution is -0.226. The van der Waals surface area contributed by atoms with Crippen molar-refractivity contribution in [2.45, 2.75) is 53.0 Å². The number of hydrogen-bond acceptors (Lipinski definition) is 1. The molecule has 3 rings (SSSR count). The van der Waals surface area contributed by atoms with Crippen molar-refractivity contribution in [3.05, 3.63) is 0 Å². The highest BCUT2D eigenvalue weighted by Crippen LogP contribution is 2.75. The van der Waals surface area contributed by atoms with Crippen LogP contribution in [0, 0.1) is 16.7 Å². The molecule has 3 aliphatic carbocycles. The zero-order valence-electron chi connectivity index (χ0n) is 9.48. The maximum Gasteiger partial charge on any atom is 0.00108 e. The Labute approximate surface area is 82.3 Å². The predicted molar refractivity (Wildman–Crippen MR) is 56.7 cm³/mol. The van der Waals surface area contributed by atoms with Gasteiger partial charge < -0.3 is 5.32 Å². The number of rotatable bonds is 4. The Balaban J connectivity index is 1.77. The van der Waals surface area contributed by atoms with E-state index in [1.807, 2.05) is 0 Å². The summed E-state index contributed by atoms with van der Waals surface area (Å²) in [7, 11) is 0. The van der Waals surface area contributed by atoms with Crippen LogP contribution in [0.3, 0.4) is 0 Å². The second kappa shape index (κ2) is 2.73. The van der Waals surface area contributed by atoms with Gasteiger partial charge in [-0.2, -0.15) is 0 Å². The van der Waals surface area contributed by atoms with E-state index in [9.17, 15) is 0 Å². The summed E-state index contributed by atoms with van der Waals surface area (Å²) in [4.78, 5) is 0. The van der Waals surface area contributed by atoms with Gasteiger partial charge in [0.05, 0.1) is 0 Å². The van der Waals surface area contributed by atoms with Gasteiger partial charge in [-0.3, -0.25) is 0 Å². The third-order valence-corrected chi connectivity index (χ3v) is 4.29. The summed E-state index contributed by atoms with van der Waals surface area (Å²) < 4.78 is 0. The Morgan fingerprint density at radius 1 is 1.08 bits per heavy atom. The summed E-state index contributed by atoms with van der Waals surface area (Å²) in [5.74, 6) is 0.911. The molecule has 0 radical (unpaired) electrons. The Morgan fingerprint density at radius 3 is 2.00 bits per heavy atom. The Kier molecular flexibility index (Phi) is 1.99. The monoisotopic (exact) mass is 181 g/mol. The first-order valence-electron chi connectivity index (χ1n) is 5.72. The Morgan fingerprint density at radius 2 is 1.62 bits per heavy atom. The molecule has 3 saturated carbocycles. The SMILES string of the molecule is CC(C)NCC12CC(C(C)C)(C1)C2. The zero-order chi connectivity index (χ0) is 9.69. The van der Waals surface area contributed by atoms with Crippen molar-refractivity contribution < 1.29 is 0 Å². The van der Waals surface area contributed by atoms with Gasteiger partial charge >= 0.3 is 0 Å². The van der Waals surface area contributed by atoms with E-state index in [0.717, 1.165) is 16.7 Å². The van der Waals surface area contributed by atoms with Crippen molar-refractivity contribution in [2.75, 3.05) is 6.54 Å². The minimum Gasteiger partial charge on any atom is -0.314 e. The van der Waals surface area contributed by atoms with E-state index >= 15 is 0 Å². The van der Waals surface area contributed by atoms with Gasteiger partial charge in [-0.25, -0.2) is 0 Å². The van der Waals surface area contributed by atoms with Gasteiger partial charge in [-0.15, -0.1) is 0 Å². The summed E-state index contributed by atoms with van der Waals surface area (Å²) in [6.45, 7) is 10.5. The van der Waals surface area contributed by atoms with Crippen LogP contribution >= 0.6 is 0 Å². The molecule has 3 aliphatic rings. The van der Waals surface area contributed by atoms with Crippen LogP contribution in [0.1, 0.15) is 47.0 Å². The zero-order valence-corrected chi connectivity index (χ0v) is 9.48. The molecule has 0 aromatic carbocycles. The molecule has 76 valence electrons. The van der Waals surface area contributed by atoms with E-state index in [0.29, 0.717) is 6.04 Å². The van der Waals surface area contributed by atoms with Gasteiger partial charge in [0.25, 0.3) is 0 Å². The molecule has 0 spiro atoms. The van der Waals surface area contributed by atoms with Gasteiger partial charge in [0.15, 0.2) is 0 Å². The first-order chi connectivity index (χ1) is 5.98. The van der Waals surface area contributed by atoms with E-state index in [-0.39, 0.29) is 0 Å². The van der Waals surface area contributed by atoms with Gasteiger partial charge in [0, 0.05) is 12.6 Å². The summed E-state index contributed by atoms with van der Waals surface area (Å²) in [6, 6.07) is 0.657. The number of hydrogen-bond donors (Lipinski definition) is 1. The fourth-order valence-electron chi connectivity index (χ4n) is 3.31. The smallest absolute Gasteiger partial charge is 0.00108 e. The molecule has 13 heavy (non-hydrogen) atoms. The molecule has 0 amide bonds. The largest absolute Gasteiger partial charge is 0.314 e. The lowest BCUT2D eigenvalue weighted by atomic mass is 9.32. The standard InChI is InChI=1S/C12H23N/c1-9(2)12-5-11(6-12,7-12)8-13-10(3)4/h9-10,13H,5-8H2,1-4H3. The van der Waals surface area contributed by atoms with Crippen molar-refractivity contribution in [1.82, 2.24) is 5.32 Å². The summed E-state index contributed by atoms with van der Waals surface area (Å²) in [6.07, 6.45) is 4.49. The molecule has 1 heteroatoms. The normalized spacial score (nSPS) is 42.0. The van der Waals surface area contributed by atoms with Crippen LogP contribution in [0.5, 0.6) is 0 Å². The third kappa shape index (κ3) is 1.32. The van der Waals surface area contributed by atoms with E-state index in [2.05, 4.69) is 33.0 Å². The van der Waals surface area contributed by atoms with Gasteiger partial charge in [-0.1, -0.05) is 27.7 Å². The van der Waals surface area contributed by atoms with E-state index in [1.54, 1.807) is 0 Å². The van der Waals surface area contributed by atoms with E-state index < -0.39 is 0 Å². The van der Waals surface area contributed by atoms with Crippen molar-refractivity contribution in [2.24, 2.45) is 16.7 Å². The molecule has 2 bridgehead atoms. The molecule has 0 aliphatic heterocycles. The van der Waals surface area contributed by atoms with Crippen LogP contribution in [-0.4, -0.2) is 12.6 Å². The number of nitrogens with one attached hydrogen (secondary N) is 1. The van der Waals surface area contributed by atoms with Crippen LogP contribution < -0.4 is 5.32 Å². The molecule has 1 nitrogen and oxygen atoms in total. The molecule has 0 aromatic rings. The highest BCUT2D eigenvalue weighted by molar-refractivity contribution is 5.18. The molecule has 0 heterocycles. The quantitative estimate of drug-likeness (QED) is 0.703. The van der Waals surface area contributed by atoms with Crippen LogP contribution in [0.4, 0.5) is 0 Å². The average molecular weight is 181 g/mol. The molecule has 0 unspecified atom stereocenters. The van der Waals surface area contributed by atoms with Crippen LogP contribution in [0.2, 0.25) is 0 Å². The van der Waals surface area contributed by atoms with Crippen LogP contribution in [-0.2, 0) is 0 Å². The molecule has 3 fully saturated rings. The molecule has 0 saturated heterocycles. The lowest BCUT2D eigenvalue weighted by Gasteiger charge is -2.73. The second-order valence-corrected chi connectivity index (χ2v) is 6.08. The summed E-state index contributed by atoms with van der Waals surface area (Å²) >= 11 is 0. The van der Waals surface area contributed by atoms with Crippen molar-refractivity contribution in [3.8, 4) is 0 Å². The third-order valence-electron chi connectivity index (χ3n) is 4.29. The van der Waals surface area contributed by atoms with Crippen molar-refractivity contribution in [1.29, 1.82) is 0 Å². The van der Waals surface area contributed by atoms with Crippen molar-refractivity contribution in [3.63, 3.8) is 0 Å². The maximum absolute atomic E-state index is 3.58. The molecule has 0 atom stereocenters. The fraction of sp³-hybridized carbons (Fsp3) is 1.00. The average Bonchev–Trinajstić information content (AvgIpc) is 1.79. The molecular weight excluding hydrogens is 158 g/mol. The van der Waals surface area contributed by atoms with E-state index in [1.165, 1.54) is 25.8 Å². The molecular formula is C12H23N. The second-order valence-electron chi connectivity index (χ2n) is 6.08. The van der Waals surface area contributed by atoms with E-state index in [4.69, 9.17) is 0 Å². The summed E-state index contributed by atoms with van der Waals surface area (Å²) in [5.41, 5.74) is 1.51. The highest BCUT2D eigenvalue weighted by Gasteiger charge is 2.67. The lowest BCUT2D eigenvalue weighted by Crippen LogP contribution is -2.67. The first kappa shape index (κ1) is 9.51. The van der Waals surface area contributed by atoms with Crippen molar-refractivity contribution >= 4 is 0 Å². The highest BCUT2D eigenvalue weighted by atomic mass is 14.9. The summed E-state index contributed by atoms with van der Waals surface area (Å²) in [5, 5.41) is 3.58.